The zero-order chi connectivity index (χ0) is 8.72. The fourth-order valence-electron chi connectivity index (χ4n) is 1.00. The second-order valence-electron chi connectivity index (χ2n) is 2.25. The number of aromatic nitrogens is 3. The summed E-state index contributed by atoms with van der Waals surface area (Å²) in [5.41, 5.74) is 0.652. The Bertz CT molecular complexity index is 438. The zero-order valence-corrected chi connectivity index (χ0v) is 8.74. The minimum Gasteiger partial charge on any atom is -0.338 e. The lowest BCUT2D eigenvalue weighted by atomic mass is 10.4. The minimum atomic E-state index is 0.439. The van der Waals surface area contributed by atoms with Crippen LogP contribution in [0.3, 0.4) is 0 Å². The summed E-state index contributed by atoms with van der Waals surface area (Å²) in [6.07, 6.45) is 3.15. The third-order valence-electron chi connectivity index (χ3n) is 1.52. The Morgan fingerprint density at radius 1 is 1.50 bits per heavy atom. The molecule has 2 rings (SSSR count). The van der Waals surface area contributed by atoms with Crippen LogP contribution < -0.4 is 5.84 Å². The standard InChI is InChI=1S/C6H4ClIN4/c7-5-4-3(8)1-12(9)6(4)11-2-10-5/h1-2H,9H2. The van der Waals surface area contributed by atoms with Crippen LogP contribution in [0.5, 0.6) is 0 Å². The SMILES string of the molecule is Nn1cc(I)c2c(Cl)ncnc21. The van der Waals surface area contributed by atoms with Crippen molar-refractivity contribution < 1.29 is 0 Å². The summed E-state index contributed by atoms with van der Waals surface area (Å²) in [7, 11) is 0. The van der Waals surface area contributed by atoms with Crippen molar-refractivity contribution in [3.63, 3.8) is 0 Å². The molecule has 0 fully saturated rings. The van der Waals surface area contributed by atoms with Gasteiger partial charge in [-0.3, -0.25) is 4.68 Å². The minimum absolute atomic E-state index is 0.439. The molecular weight excluding hydrogens is 290 g/mol. The molecule has 62 valence electrons. The molecule has 0 aliphatic heterocycles. The number of halogens is 2. The van der Waals surface area contributed by atoms with Crippen LogP contribution >= 0.6 is 34.2 Å². The Labute approximate surface area is 86.8 Å². The molecule has 0 saturated carbocycles. The Hall–Kier alpha value is -0.560. The Morgan fingerprint density at radius 2 is 2.25 bits per heavy atom. The van der Waals surface area contributed by atoms with Gasteiger partial charge in [0.1, 0.15) is 11.5 Å². The van der Waals surface area contributed by atoms with E-state index >= 15 is 0 Å². The van der Waals surface area contributed by atoms with Gasteiger partial charge >= 0.3 is 0 Å². The van der Waals surface area contributed by atoms with Crippen LogP contribution in [0.15, 0.2) is 12.5 Å². The van der Waals surface area contributed by atoms with Crippen LogP contribution in [0.25, 0.3) is 11.0 Å². The van der Waals surface area contributed by atoms with E-state index in [0.29, 0.717) is 10.8 Å². The molecular formula is C6H4ClIN4. The molecule has 0 spiro atoms. The van der Waals surface area contributed by atoms with Crippen LogP contribution in [0.4, 0.5) is 0 Å². The van der Waals surface area contributed by atoms with Crippen molar-refractivity contribution in [3.05, 3.63) is 21.2 Å². The predicted molar refractivity (Wildman–Crippen MR) is 55.4 cm³/mol. The van der Waals surface area contributed by atoms with Gasteiger partial charge in [0, 0.05) is 9.77 Å². The molecule has 0 radical (unpaired) electrons. The third kappa shape index (κ3) is 1.04. The summed E-state index contributed by atoms with van der Waals surface area (Å²) >= 11 is 7.99. The molecule has 0 bridgehead atoms. The molecule has 2 aromatic rings. The summed E-state index contributed by atoms with van der Waals surface area (Å²) in [6.45, 7) is 0. The van der Waals surface area contributed by atoms with E-state index in [1.54, 1.807) is 6.20 Å². The topological polar surface area (TPSA) is 56.7 Å². The highest BCUT2D eigenvalue weighted by atomic mass is 127. The van der Waals surface area contributed by atoms with E-state index < -0.39 is 0 Å². The summed E-state index contributed by atoms with van der Waals surface area (Å²) in [4.78, 5) is 7.86. The zero-order valence-electron chi connectivity index (χ0n) is 5.83. The summed E-state index contributed by atoms with van der Waals surface area (Å²) in [5, 5.41) is 1.25. The largest absolute Gasteiger partial charge is 0.338 e. The van der Waals surface area contributed by atoms with Gasteiger partial charge < -0.3 is 5.84 Å². The average Bonchev–Trinajstić information content (AvgIpc) is 2.29. The number of fused-ring (bicyclic) bond motifs is 1. The molecule has 2 heterocycles. The van der Waals surface area contributed by atoms with Crippen molar-refractivity contribution in [2.75, 3.05) is 5.84 Å². The highest BCUT2D eigenvalue weighted by Crippen LogP contribution is 2.24. The van der Waals surface area contributed by atoms with Gasteiger partial charge in [0.25, 0.3) is 0 Å². The number of nitrogens with zero attached hydrogens (tertiary/aromatic N) is 3. The van der Waals surface area contributed by atoms with Crippen molar-refractivity contribution in [2.45, 2.75) is 0 Å². The van der Waals surface area contributed by atoms with E-state index in [1.165, 1.54) is 11.0 Å². The van der Waals surface area contributed by atoms with Gasteiger partial charge in [-0.05, 0) is 22.6 Å². The molecule has 0 aliphatic rings. The molecule has 6 heteroatoms. The van der Waals surface area contributed by atoms with Gasteiger partial charge in [0.05, 0.1) is 5.39 Å². The van der Waals surface area contributed by atoms with E-state index in [9.17, 15) is 0 Å². The molecule has 0 saturated heterocycles. The van der Waals surface area contributed by atoms with Gasteiger partial charge in [-0.2, -0.15) is 0 Å². The highest BCUT2D eigenvalue weighted by molar-refractivity contribution is 14.1. The lowest BCUT2D eigenvalue weighted by molar-refractivity contribution is 1.02. The van der Waals surface area contributed by atoms with Crippen molar-refractivity contribution in [1.29, 1.82) is 0 Å². The number of hydrogen-bond acceptors (Lipinski definition) is 3. The maximum absolute atomic E-state index is 5.85. The van der Waals surface area contributed by atoms with Crippen molar-refractivity contribution in [1.82, 2.24) is 14.6 Å². The normalized spacial score (nSPS) is 10.8. The summed E-state index contributed by atoms with van der Waals surface area (Å²) in [6, 6.07) is 0. The van der Waals surface area contributed by atoms with Gasteiger partial charge in [-0.25, -0.2) is 9.97 Å². The van der Waals surface area contributed by atoms with Crippen molar-refractivity contribution in [3.8, 4) is 0 Å². The smallest absolute Gasteiger partial charge is 0.164 e. The second-order valence-corrected chi connectivity index (χ2v) is 3.77. The lowest BCUT2D eigenvalue weighted by Gasteiger charge is -1.94. The van der Waals surface area contributed by atoms with Crippen molar-refractivity contribution in [2.24, 2.45) is 0 Å². The molecule has 0 atom stereocenters. The first-order chi connectivity index (χ1) is 5.70. The first kappa shape index (κ1) is 8.06. The predicted octanol–water partition coefficient (Wildman–Crippen LogP) is 1.40. The first-order valence-corrected chi connectivity index (χ1v) is 4.58. The van der Waals surface area contributed by atoms with E-state index in [2.05, 4.69) is 32.6 Å². The molecule has 0 aromatic carbocycles. The summed E-state index contributed by atoms with van der Waals surface area (Å²) < 4.78 is 2.39. The van der Waals surface area contributed by atoms with Crippen LogP contribution in [-0.2, 0) is 0 Å². The first-order valence-electron chi connectivity index (χ1n) is 3.12. The Morgan fingerprint density at radius 3 is 2.92 bits per heavy atom. The van der Waals surface area contributed by atoms with Crippen LogP contribution in [0.1, 0.15) is 0 Å². The molecule has 4 nitrogen and oxygen atoms in total. The van der Waals surface area contributed by atoms with Crippen LogP contribution in [0.2, 0.25) is 5.15 Å². The van der Waals surface area contributed by atoms with E-state index in [0.717, 1.165) is 8.96 Å². The molecule has 0 amide bonds. The Kier molecular flexibility index (Phi) is 1.84. The van der Waals surface area contributed by atoms with Crippen LogP contribution in [0, 0.1) is 3.57 Å². The van der Waals surface area contributed by atoms with Gasteiger partial charge in [0.2, 0.25) is 0 Å². The van der Waals surface area contributed by atoms with E-state index in [1.807, 2.05) is 0 Å². The van der Waals surface area contributed by atoms with Gasteiger partial charge in [-0.1, -0.05) is 11.6 Å². The fourth-order valence-corrected chi connectivity index (χ4v) is 2.19. The quantitative estimate of drug-likeness (QED) is 0.454. The molecule has 2 N–H and O–H groups in total. The number of nitrogens with two attached hydrogens (primary N) is 1. The monoisotopic (exact) mass is 294 g/mol. The fraction of sp³-hybridized carbons (Fsp3) is 0. The third-order valence-corrected chi connectivity index (χ3v) is 2.62. The maximum Gasteiger partial charge on any atom is 0.164 e. The number of hydrogen-bond donors (Lipinski definition) is 1. The maximum atomic E-state index is 5.85. The molecule has 12 heavy (non-hydrogen) atoms. The average molecular weight is 294 g/mol. The van der Waals surface area contributed by atoms with Gasteiger partial charge in [0.15, 0.2) is 5.65 Å². The van der Waals surface area contributed by atoms with Crippen LogP contribution in [-0.4, -0.2) is 14.6 Å². The van der Waals surface area contributed by atoms with E-state index in [4.69, 9.17) is 17.4 Å². The van der Waals surface area contributed by atoms with Crippen molar-refractivity contribution >= 4 is 45.2 Å². The second kappa shape index (κ2) is 2.74. The molecule has 2 aromatic heterocycles. The Balaban J connectivity index is 2.99. The number of nitrogen functional groups attached to an aromatic ring is 1. The molecule has 0 unspecified atom stereocenters. The van der Waals surface area contributed by atoms with E-state index in [-0.39, 0.29) is 0 Å². The number of rotatable bonds is 0. The van der Waals surface area contributed by atoms with Gasteiger partial charge in [-0.15, -0.1) is 0 Å². The summed E-state index contributed by atoms with van der Waals surface area (Å²) in [5.74, 6) is 5.61. The molecule has 0 aliphatic carbocycles. The highest BCUT2D eigenvalue weighted by Gasteiger charge is 2.09. The lowest BCUT2D eigenvalue weighted by Crippen LogP contribution is -2.06.